The molecule has 0 saturated heterocycles. The van der Waals surface area contributed by atoms with Crippen LogP contribution in [0.3, 0.4) is 0 Å². The molecular weight excluding hydrogens is 288 g/mol. The molecule has 1 heterocycles. The number of para-hydroxylation sites is 1. The van der Waals surface area contributed by atoms with Crippen molar-refractivity contribution in [3.63, 3.8) is 0 Å². The van der Waals surface area contributed by atoms with Crippen LogP contribution in [0.5, 0.6) is 0 Å². The highest BCUT2D eigenvalue weighted by Crippen LogP contribution is 2.31. The molecule has 1 fully saturated rings. The minimum Gasteiger partial charge on any atom is -0.461 e. The molecule has 5 heteroatoms. The summed E-state index contributed by atoms with van der Waals surface area (Å²) in [7, 11) is 0. The summed E-state index contributed by atoms with van der Waals surface area (Å²) in [5.74, 6) is 1.51. The molecule has 21 heavy (non-hydrogen) atoms. The number of carbonyl (C=O) groups excluding carboxylic acids is 1. The van der Waals surface area contributed by atoms with Crippen molar-refractivity contribution < 1.29 is 9.21 Å². The lowest BCUT2D eigenvalue weighted by Gasteiger charge is -2.11. The van der Waals surface area contributed by atoms with Crippen molar-refractivity contribution in [2.45, 2.75) is 31.7 Å². The van der Waals surface area contributed by atoms with E-state index in [4.69, 9.17) is 10.2 Å². The topological polar surface area (TPSA) is 68.3 Å². The number of hydrogen-bond acceptors (Lipinski definition) is 3. The summed E-state index contributed by atoms with van der Waals surface area (Å²) in [6, 6.07) is 9.99. The molecule has 1 aliphatic rings. The third-order valence-corrected chi connectivity index (χ3v) is 3.84. The van der Waals surface area contributed by atoms with Crippen LogP contribution >= 0.6 is 12.4 Å². The molecule has 0 spiro atoms. The summed E-state index contributed by atoms with van der Waals surface area (Å²) in [4.78, 5) is 11.8. The average molecular weight is 309 g/mol. The first kappa shape index (κ1) is 15.9. The zero-order valence-corrected chi connectivity index (χ0v) is 12.7. The summed E-state index contributed by atoms with van der Waals surface area (Å²) in [5.41, 5.74) is 6.83. The summed E-state index contributed by atoms with van der Waals surface area (Å²) in [6.45, 7) is 0.587. The Balaban J connectivity index is 0.00000161. The zero-order chi connectivity index (χ0) is 13.9. The van der Waals surface area contributed by atoms with Crippen LogP contribution in [-0.4, -0.2) is 18.5 Å². The van der Waals surface area contributed by atoms with Crippen molar-refractivity contribution in [2.24, 2.45) is 11.7 Å². The lowest BCUT2D eigenvalue weighted by Crippen LogP contribution is -2.38. The van der Waals surface area contributed by atoms with Crippen LogP contribution in [0.1, 0.15) is 25.0 Å². The van der Waals surface area contributed by atoms with E-state index in [0.29, 0.717) is 25.3 Å². The Bertz CT molecular complexity index is 574. The highest BCUT2D eigenvalue weighted by molar-refractivity contribution is 5.85. The molecule has 1 aliphatic carbocycles. The SMILES string of the molecule is Cl.NC(CNC(=O)CCc1cc2ccccc2o1)C1CC1. The second-order valence-electron chi connectivity index (χ2n) is 5.56. The predicted octanol–water partition coefficient (Wildman–Crippen LogP) is 2.64. The summed E-state index contributed by atoms with van der Waals surface area (Å²) >= 11 is 0. The van der Waals surface area contributed by atoms with E-state index >= 15 is 0 Å². The van der Waals surface area contributed by atoms with Gasteiger partial charge in [-0.05, 0) is 30.9 Å². The van der Waals surface area contributed by atoms with Gasteiger partial charge in [0.25, 0.3) is 0 Å². The van der Waals surface area contributed by atoms with Crippen LogP contribution in [0, 0.1) is 5.92 Å². The lowest BCUT2D eigenvalue weighted by molar-refractivity contribution is -0.121. The number of rotatable bonds is 6. The predicted molar refractivity (Wildman–Crippen MR) is 85.5 cm³/mol. The van der Waals surface area contributed by atoms with E-state index in [1.54, 1.807) is 0 Å². The van der Waals surface area contributed by atoms with Crippen molar-refractivity contribution >= 4 is 29.3 Å². The molecule has 2 aromatic rings. The fourth-order valence-electron chi connectivity index (χ4n) is 2.41. The maximum absolute atomic E-state index is 11.8. The molecular formula is C16H21ClN2O2. The van der Waals surface area contributed by atoms with E-state index in [9.17, 15) is 4.79 Å². The molecule has 3 rings (SSSR count). The van der Waals surface area contributed by atoms with Crippen LogP contribution < -0.4 is 11.1 Å². The molecule has 1 saturated carbocycles. The number of nitrogens with two attached hydrogens (primary N) is 1. The van der Waals surface area contributed by atoms with Crippen molar-refractivity contribution in [1.29, 1.82) is 0 Å². The van der Waals surface area contributed by atoms with Gasteiger partial charge in [0, 0.05) is 30.8 Å². The van der Waals surface area contributed by atoms with Gasteiger partial charge >= 0.3 is 0 Å². The Hall–Kier alpha value is -1.52. The van der Waals surface area contributed by atoms with E-state index in [1.807, 2.05) is 30.3 Å². The van der Waals surface area contributed by atoms with Gasteiger partial charge < -0.3 is 15.5 Å². The Kier molecular flexibility index (Phi) is 5.26. The molecule has 1 aromatic carbocycles. The maximum Gasteiger partial charge on any atom is 0.220 e. The van der Waals surface area contributed by atoms with E-state index in [2.05, 4.69) is 5.32 Å². The number of furan rings is 1. The molecule has 0 aliphatic heterocycles. The molecule has 1 aromatic heterocycles. The van der Waals surface area contributed by atoms with Crippen molar-refractivity contribution in [3.8, 4) is 0 Å². The first-order valence-corrected chi connectivity index (χ1v) is 7.22. The first-order chi connectivity index (χ1) is 9.72. The van der Waals surface area contributed by atoms with Crippen LogP contribution in [0.15, 0.2) is 34.7 Å². The number of aryl methyl sites for hydroxylation is 1. The van der Waals surface area contributed by atoms with Gasteiger partial charge in [0.1, 0.15) is 11.3 Å². The van der Waals surface area contributed by atoms with Crippen molar-refractivity contribution in [1.82, 2.24) is 5.32 Å². The Labute approximate surface area is 130 Å². The Morgan fingerprint density at radius 2 is 2.14 bits per heavy atom. The van der Waals surface area contributed by atoms with E-state index < -0.39 is 0 Å². The standard InChI is InChI=1S/C16H20N2O2.ClH/c17-14(11-5-6-11)10-18-16(19)8-7-13-9-12-3-1-2-4-15(12)20-13;/h1-4,9,11,14H,5-8,10,17H2,(H,18,19);1H. The number of hydrogen-bond donors (Lipinski definition) is 2. The number of benzene rings is 1. The van der Waals surface area contributed by atoms with E-state index in [-0.39, 0.29) is 24.4 Å². The van der Waals surface area contributed by atoms with Gasteiger partial charge in [-0.3, -0.25) is 4.79 Å². The first-order valence-electron chi connectivity index (χ1n) is 7.22. The molecule has 3 N–H and O–H groups in total. The van der Waals surface area contributed by atoms with Crippen LogP contribution in [0.4, 0.5) is 0 Å². The largest absolute Gasteiger partial charge is 0.461 e. The van der Waals surface area contributed by atoms with Gasteiger partial charge in [0.05, 0.1) is 0 Å². The summed E-state index contributed by atoms with van der Waals surface area (Å²) in [6.07, 6.45) is 3.47. The number of halogens is 1. The second kappa shape index (κ2) is 6.96. The summed E-state index contributed by atoms with van der Waals surface area (Å²) in [5, 5.41) is 3.98. The quantitative estimate of drug-likeness (QED) is 0.862. The molecule has 0 bridgehead atoms. The van der Waals surface area contributed by atoms with E-state index in [1.165, 1.54) is 12.8 Å². The molecule has 1 amide bonds. The van der Waals surface area contributed by atoms with Gasteiger partial charge in [-0.25, -0.2) is 0 Å². The third-order valence-electron chi connectivity index (χ3n) is 3.84. The molecule has 0 radical (unpaired) electrons. The maximum atomic E-state index is 11.8. The monoisotopic (exact) mass is 308 g/mol. The van der Waals surface area contributed by atoms with Crippen LogP contribution in [0.2, 0.25) is 0 Å². The molecule has 4 nitrogen and oxygen atoms in total. The van der Waals surface area contributed by atoms with Crippen molar-refractivity contribution in [2.75, 3.05) is 6.54 Å². The normalized spacial score (nSPS) is 15.5. The Morgan fingerprint density at radius 1 is 1.38 bits per heavy atom. The number of fused-ring (bicyclic) bond motifs is 1. The number of nitrogens with one attached hydrogen (secondary N) is 1. The fourth-order valence-corrected chi connectivity index (χ4v) is 2.41. The fraction of sp³-hybridized carbons (Fsp3) is 0.438. The smallest absolute Gasteiger partial charge is 0.220 e. The van der Waals surface area contributed by atoms with Gasteiger partial charge in [-0.2, -0.15) is 0 Å². The highest BCUT2D eigenvalue weighted by atomic mass is 35.5. The molecule has 1 atom stereocenters. The third kappa shape index (κ3) is 4.22. The lowest BCUT2D eigenvalue weighted by atomic mass is 10.2. The molecule has 114 valence electrons. The van der Waals surface area contributed by atoms with Crippen molar-refractivity contribution in [3.05, 3.63) is 36.1 Å². The van der Waals surface area contributed by atoms with Crippen LogP contribution in [-0.2, 0) is 11.2 Å². The minimum absolute atomic E-state index is 0. The van der Waals surface area contributed by atoms with Gasteiger partial charge in [0.15, 0.2) is 0 Å². The molecule has 1 unspecified atom stereocenters. The highest BCUT2D eigenvalue weighted by Gasteiger charge is 2.28. The van der Waals surface area contributed by atoms with E-state index in [0.717, 1.165) is 16.7 Å². The summed E-state index contributed by atoms with van der Waals surface area (Å²) < 4.78 is 5.69. The number of amides is 1. The average Bonchev–Trinajstić information content (AvgIpc) is 3.22. The van der Waals surface area contributed by atoms with Gasteiger partial charge in [0.2, 0.25) is 5.91 Å². The van der Waals surface area contributed by atoms with Gasteiger partial charge in [-0.1, -0.05) is 18.2 Å². The minimum atomic E-state index is 0. The second-order valence-corrected chi connectivity index (χ2v) is 5.56. The zero-order valence-electron chi connectivity index (χ0n) is 11.9. The van der Waals surface area contributed by atoms with Gasteiger partial charge in [-0.15, -0.1) is 12.4 Å². The van der Waals surface area contributed by atoms with Crippen LogP contribution in [0.25, 0.3) is 11.0 Å². The number of carbonyl (C=O) groups is 1. The Morgan fingerprint density at radius 3 is 2.86 bits per heavy atom.